The lowest BCUT2D eigenvalue weighted by Crippen LogP contribution is -2.69. The zero-order valence-electron chi connectivity index (χ0n) is 43.8. The van der Waals surface area contributed by atoms with Gasteiger partial charge in [-0.1, -0.05) is 84.6 Å². The van der Waals surface area contributed by atoms with E-state index in [1.54, 1.807) is 0 Å². The average Bonchev–Trinajstić information content (AvgIpc) is 3.51. The molecule has 7 aliphatic rings. The molecule has 10 rings (SSSR count). The van der Waals surface area contributed by atoms with Crippen LogP contribution in [-0.4, -0.2) is 87.2 Å². The fourth-order valence-corrected chi connectivity index (χ4v) is 17.3. The van der Waals surface area contributed by atoms with Gasteiger partial charge < -0.3 is 39.7 Å². The van der Waals surface area contributed by atoms with Crippen molar-refractivity contribution >= 4 is 22.6 Å². The molecule has 69 heavy (non-hydrogen) atoms. The summed E-state index contributed by atoms with van der Waals surface area (Å²) >= 11 is 0. The minimum Gasteiger partial charge on any atom is -0.392 e. The largest absolute Gasteiger partial charge is 0.392 e. The van der Waals surface area contributed by atoms with E-state index in [0.717, 1.165) is 103 Å². The van der Waals surface area contributed by atoms with Crippen LogP contribution >= 0.6 is 0 Å². The van der Waals surface area contributed by atoms with Crippen molar-refractivity contribution in [2.75, 3.05) is 26.8 Å². The second-order valence-corrected chi connectivity index (χ2v) is 25.5. The summed E-state index contributed by atoms with van der Waals surface area (Å²) < 4.78 is 14.2. The summed E-state index contributed by atoms with van der Waals surface area (Å²) in [4.78, 5) is 34.3. The van der Waals surface area contributed by atoms with Gasteiger partial charge in [-0.05, 0) is 142 Å². The Morgan fingerprint density at radius 3 is 2.41 bits per heavy atom. The van der Waals surface area contributed by atoms with Gasteiger partial charge in [0.2, 0.25) is 0 Å². The number of fused-ring (bicyclic) bond motifs is 4. The number of epoxide rings is 1. The molecule has 0 amide bonds. The molecule has 4 aliphatic carbocycles. The van der Waals surface area contributed by atoms with Gasteiger partial charge in [-0.15, -0.1) is 0 Å². The molecule has 1 aromatic carbocycles. The number of Topliss-reactive ketones (excluding diaryl/α,β-unsaturated/α-hetero) is 2. The normalized spacial score (nSPS) is 38.4. The van der Waals surface area contributed by atoms with Crippen molar-refractivity contribution in [2.45, 2.75) is 195 Å². The van der Waals surface area contributed by atoms with Crippen LogP contribution in [0, 0.1) is 57.7 Å². The summed E-state index contributed by atoms with van der Waals surface area (Å²) in [5.74, 6) is -0.0564. The number of carbonyl (C=O) groups excluding carboxylic acids is 2. The molecule has 0 radical (unpaired) electrons. The number of rotatable bonds is 13. The van der Waals surface area contributed by atoms with Crippen molar-refractivity contribution < 1.29 is 34.4 Å². The Morgan fingerprint density at radius 2 is 1.71 bits per heavy atom. The molecule has 2 saturated heterocycles. The number of aliphatic hydroxyl groups excluding tert-OH is 2. The van der Waals surface area contributed by atoms with Gasteiger partial charge in [0.15, 0.2) is 5.78 Å². The van der Waals surface area contributed by atoms with Crippen LogP contribution in [0.1, 0.15) is 167 Å². The van der Waals surface area contributed by atoms with Gasteiger partial charge in [0.25, 0.3) is 0 Å². The van der Waals surface area contributed by atoms with E-state index >= 15 is 4.79 Å². The molecule has 5 heterocycles. The number of hydrogen-bond donors (Lipinski definition) is 5. The topological polar surface area (TPSA) is 149 Å². The first kappa shape index (κ1) is 49.5. The summed E-state index contributed by atoms with van der Waals surface area (Å²) in [7, 11) is 1.97. The van der Waals surface area contributed by atoms with Crippen LogP contribution in [-0.2, 0) is 44.1 Å². The molecule has 0 spiro atoms. The average molecular weight is 948 g/mol. The highest BCUT2D eigenvalue weighted by Crippen LogP contribution is 2.77. The lowest BCUT2D eigenvalue weighted by Gasteiger charge is -2.71. The molecule has 2 aromatic heterocycles. The number of ether oxygens (including phenoxy) is 2. The highest BCUT2D eigenvalue weighted by atomic mass is 16.6. The number of aromatic nitrogens is 2. The van der Waals surface area contributed by atoms with Crippen molar-refractivity contribution in [3.63, 3.8) is 0 Å². The van der Waals surface area contributed by atoms with E-state index in [1.807, 2.05) is 20.9 Å². The number of ketones is 2. The SMILES string of the molecule is CCCCC[C@@H]1C(=O)C2=C3[C@@H](Cn4cc(Cc5cc(C)cc(C6(O)CCOCC6)c5)c5[nH]cc(c54)CC[C@@]2(C)C[C@@H](O)[C@H]2OC2(C)C)[C@@H](O)[C@@H]2[C@]4(C)CCC(=O)[C@@](C)(CCNC)[C@@H]4CC[C@]2(C)[C@]31C. The minimum absolute atomic E-state index is 0.109. The zero-order chi connectivity index (χ0) is 49.3. The highest BCUT2D eigenvalue weighted by Gasteiger charge is 2.75. The maximum absolute atomic E-state index is 16.2. The number of unbranched alkanes of at least 4 members (excludes halogenated alkanes) is 2. The third kappa shape index (κ3) is 7.51. The Bertz CT molecular complexity index is 2530. The number of allylic oxidation sites excluding steroid dienone is 1. The standard InChI is InChI=1S/C59H85N3O7/c1-11-12-13-14-41-50(66)46-45-40(49(65)51-56(7)19-17-44(64)55(6,21-24-60-10)43(56)16-20-57(51,8)58(41,45)9)34-62-33-38(29-36-27-35(2)28-39(30-36)59(67)22-25-68-26-23-59)47-48(62)37(32-61-47)15-18-54(46,5)31-42(63)52-53(3,4)69-52/h27-28,30,32-33,40-43,49,51-52,60-61,63,65,67H,11-26,29,31,34H2,1-10H3/t40-,41-,42-,43+,49-,51-,52-,54+,55+,56-,57+,58+/m1/s1. The maximum atomic E-state index is 16.2. The molecule has 378 valence electrons. The van der Waals surface area contributed by atoms with Crippen LogP contribution in [0.5, 0.6) is 0 Å². The number of aliphatic hydroxyl groups is 3. The quantitative estimate of drug-likeness (QED) is 0.0841. The number of aromatic amines is 1. The smallest absolute Gasteiger partial charge is 0.163 e. The Morgan fingerprint density at radius 1 is 0.971 bits per heavy atom. The van der Waals surface area contributed by atoms with Crippen LogP contribution in [0.25, 0.3) is 11.0 Å². The Balaban J connectivity index is 1.16. The molecule has 10 nitrogen and oxygen atoms in total. The first-order valence-corrected chi connectivity index (χ1v) is 27.2. The third-order valence-electron chi connectivity index (χ3n) is 21.1. The minimum atomic E-state index is -0.918. The molecule has 3 aliphatic heterocycles. The molecule has 3 aromatic rings. The van der Waals surface area contributed by atoms with Crippen molar-refractivity contribution in [2.24, 2.45) is 50.7 Å². The van der Waals surface area contributed by atoms with Crippen molar-refractivity contribution in [1.82, 2.24) is 14.9 Å². The van der Waals surface area contributed by atoms with E-state index in [-0.39, 0.29) is 41.0 Å². The van der Waals surface area contributed by atoms with Gasteiger partial charge in [0.1, 0.15) is 11.9 Å². The van der Waals surface area contributed by atoms with Gasteiger partial charge >= 0.3 is 0 Å². The monoisotopic (exact) mass is 948 g/mol. The number of hydrogen-bond acceptors (Lipinski definition) is 8. The second-order valence-electron chi connectivity index (χ2n) is 25.5. The predicted molar refractivity (Wildman–Crippen MR) is 271 cm³/mol. The van der Waals surface area contributed by atoms with Crippen LogP contribution < -0.4 is 5.32 Å². The van der Waals surface area contributed by atoms with Gasteiger partial charge in [0, 0.05) is 86.1 Å². The lowest BCUT2D eigenvalue weighted by molar-refractivity contribution is -0.229. The van der Waals surface area contributed by atoms with E-state index in [4.69, 9.17) is 9.47 Å². The summed E-state index contributed by atoms with van der Waals surface area (Å²) in [5.41, 5.74) is 6.00. The number of carbonyl (C=O) groups is 2. The molecule has 10 heteroatoms. The molecule has 0 bridgehead atoms. The van der Waals surface area contributed by atoms with Gasteiger partial charge in [-0.25, -0.2) is 0 Å². The van der Waals surface area contributed by atoms with Crippen molar-refractivity contribution in [1.29, 1.82) is 0 Å². The van der Waals surface area contributed by atoms with Gasteiger partial charge in [0.05, 0.1) is 34.4 Å². The third-order valence-corrected chi connectivity index (χ3v) is 21.1. The van der Waals surface area contributed by atoms with Crippen LogP contribution in [0.4, 0.5) is 0 Å². The van der Waals surface area contributed by atoms with E-state index in [1.165, 1.54) is 11.1 Å². The van der Waals surface area contributed by atoms with Gasteiger partial charge in [-0.2, -0.15) is 0 Å². The Hall–Kier alpha value is -3.12. The molecule has 0 unspecified atom stereocenters. The molecule has 12 atom stereocenters. The van der Waals surface area contributed by atoms with Crippen LogP contribution in [0.2, 0.25) is 0 Å². The van der Waals surface area contributed by atoms with E-state index in [0.29, 0.717) is 64.1 Å². The van der Waals surface area contributed by atoms with Crippen LogP contribution in [0.3, 0.4) is 0 Å². The van der Waals surface area contributed by atoms with E-state index in [2.05, 4.69) is 93.9 Å². The summed E-state index contributed by atoms with van der Waals surface area (Å²) in [6.45, 7) is 22.6. The molecular formula is C59H85N3O7. The Labute approximate surface area is 412 Å². The first-order chi connectivity index (χ1) is 32.6. The molecule has 5 N–H and O–H groups in total. The number of H-pyrrole nitrogens is 1. The predicted octanol–water partition coefficient (Wildman–Crippen LogP) is 9.84. The molecular weight excluding hydrogens is 863 g/mol. The zero-order valence-corrected chi connectivity index (χ0v) is 43.8. The number of benzene rings is 1. The maximum Gasteiger partial charge on any atom is 0.163 e. The fraction of sp³-hybridized carbons (Fsp3) is 0.729. The van der Waals surface area contributed by atoms with E-state index in [9.17, 15) is 20.1 Å². The second kappa shape index (κ2) is 17.3. The summed E-state index contributed by atoms with van der Waals surface area (Å²) in [6.07, 6.45) is 13.9. The number of nitrogens with zero attached hydrogens (tertiary/aromatic N) is 1. The molecule has 3 saturated carbocycles. The number of aryl methyl sites for hydroxylation is 2. The van der Waals surface area contributed by atoms with E-state index < -0.39 is 45.1 Å². The van der Waals surface area contributed by atoms with Crippen molar-refractivity contribution in [3.05, 3.63) is 69.6 Å². The highest BCUT2D eigenvalue weighted by molar-refractivity contribution is 6.03. The number of nitrogens with one attached hydrogen (secondary N) is 2. The lowest BCUT2D eigenvalue weighted by atomic mass is 9.33. The summed E-state index contributed by atoms with van der Waals surface area (Å²) in [6, 6.07) is 6.56. The fourth-order valence-electron chi connectivity index (χ4n) is 17.3. The van der Waals surface area contributed by atoms with Crippen LogP contribution in [0.15, 0.2) is 41.7 Å². The summed E-state index contributed by atoms with van der Waals surface area (Å²) in [5, 5.41) is 41.4. The van der Waals surface area contributed by atoms with Crippen molar-refractivity contribution in [3.8, 4) is 0 Å². The molecule has 5 fully saturated rings. The first-order valence-electron chi connectivity index (χ1n) is 27.2. The van der Waals surface area contributed by atoms with Gasteiger partial charge in [-0.3, -0.25) is 9.59 Å². The Kier molecular flexibility index (Phi) is 12.4.